The smallest absolute Gasteiger partial charge is 0.167 e. The highest BCUT2D eigenvalue weighted by Crippen LogP contribution is 2.22. The molecule has 0 aliphatic rings. The molecule has 0 spiro atoms. The SMILES string of the molecule is CNCCc1nc(C#N)c2c(Br)cccn12. The van der Waals surface area contributed by atoms with Gasteiger partial charge in [-0.3, -0.25) is 0 Å². The molecule has 0 fully saturated rings. The lowest BCUT2D eigenvalue weighted by Crippen LogP contribution is -2.12. The van der Waals surface area contributed by atoms with Crippen LogP contribution < -0.4 is 5.32 Å². The highest BCUT2D eigenvalue weighted by Gasteiger charge is 2.12. The first-order valence-corrected chi connectivity index (χ1v) is 5.77. The molecule has 1 N–H and O–H groups in total. The first-order chi connectivity index (χ1) is 7.77. The predicted molar refractivity (Wildman–Crippen MR) is 65.2 cm³/mol. The number of hydrogen-bond acceptors (Lipinski definition) is 3. The van der Waals surface area contributed by atoms with E-state index in [1.807, 2.05) is 29.8 Å². The molecule has 2 heterocycles. The second-order valence-electron chi connectivity index (χ2n) is 3.42. The number of halogens is 1. The van der Waals surface area contributed by atoms with Crippen LogP contribution in [0.2, 0.25) is 0 Å². The van der Waals surface area contributed by atoms with Gasteiger partial charge in [-0.05, 0) is 35.1 Å². The van der Waals surface area contributed by atoms with Crippen molar-refractivity contribution in [2.24, 2.45) is 0 Å². The zero-order valence-corrected chi connectivity index (χ0v) is 10.5. The molecule has 0 unspecified atom stereocenters. The molecule has 0 atom stereocenters. The zero-order valence-electron chi connectivity index (χ0n) is 8.87. The van der Waals surface area contributed by atoms with Crippen molar-refractivity contribution in [1.82, 2.24) is 14.7 Å². The van der Waals surface area contributed by atoms with Crippen molar-refractivity contribution >= 4 is 21.4 Å². The van der Waals surface area contributed by atoms with Crippen LogP contribution in [0, 0.1) is 11.3 Å². The molecular weight excluding hydrogens is 268 g/mol. The Hall–Kier alpha value is -1.38. The Morgan fingerprint density at radius 1 is 1.62 bits per heavy atom. The lowest BCUT2D eigenvalue weighted by Gasteiger charge is -2.01. The van der Waals surface area contributed by atoms with Crippen LogP contribution in [0.3, 0.4) is 0 Å². The Balaban J connectivity index is 2.60. The van der Waals surface area contributed by atoms with Gasteiger partial charge in [-0.15, -0.1) is 0 Å². The Bertz CT molecular complexity index is 553. The van der Waals surface area contributed by atoms with E-state index in [0.717, 1.165) is 28.8 Å². The van der Waals surface area contributed by atoms with Crippen LogP contribution in [-0.2, 0) is 6.42 Å². The van der Waals surface area contributed by atoms with Crippen molar-refractivity contribution in [1.29, 1.82) is 5.26 Å². The summed E-state index contributed by atoms with van der Waals surface area (Å²) >= 11 is 3.44. The lowest BCUT2D eigenvalue weighted by molar-refractivity contribution is 0.753. The van der Waals surface area contributed by atoms with E-state index < -0.39 is 0 Å². The standard InChI is InChI=1S/C11H11BrN4/c1-14-5-4-10-15-9(7-13)11-8(12)3-2-6-16(10)11/h2-3,6,14H,4-5H2,1H3. The summed E-state index contributed by atoms with van der Waals surface area (Å²) in [4.78, 5) is 4.34. The van der Waals surface area contributed by atoms with Gasteiger partial charge in [0.1, 0.15) is 11.9 Å². The van der Waals surface area contributed by atoms with Crippen molar-refractivity contribution < 1.29 is 0 Å². The van der Waals surface area contributed by atoms with Gasteiger partial charge in [0.2, 0.25) is 0 Å². The van der Waals surface area contributed by atoms with E-state index in [1.54, 1.807) is 0 Å². The Morgan fingerprint density at radius 2 is 2.44 bits per heavy atom. The van der Waals surface area contributed by atoms with Gasteiger partial charge in [-0.1, -0.05) is 0 Å². The minimum absolute atomic E-state index is 0.471. The van der Waals surface area contributed by atoms with Crippen molar-refractivity contribution in [3.63, 3.8) is 0 Å². The van der Waals surface area contributed by atoms with E-state index in [4.69, 9.17) is 5.26 Å². The average molecular weight is 279 g/mol. The van der Waals surface area contributed by atoms with Gasteiger partial charge in [0, 0.05) is 23.6 Å². The number of imidazole rings is 1. The van der Waals surface area contributed by atoms with Crippen LogP contribution in [0.5, 0.6) is 0 Å². The molecular formula is C11H11BrN4. The third kappa shape index (κ3) is 1.82. The molecule has 16 heavy (non-hydrogen) atoms. The molecule has 0 amide bonds. The molecule has 5 heteroatoms. The van der Waals surface area contributed by atoms with Crippen molar-refractivity contribution in [2.75, 3.05) is 13.6 Å². The molecule has 2 aromatic rings. The van der Waals surface area contributed by atoms with E-state index in [1.165, 1.54) is 0 Å². The minimum Gasteiger partial charge on any atom is -0.319 e. The number of nitrogens with one attached hydrogen (secondary N) is 1. The van der Waals surface area contributed by atoms with Crippen LogP contribution >= 0.6 is 15.9 Å². The van der Waals surface area contributed by atoms with E-state index >= 15 is 0 Å². The summed E-state index contributed by atoms with van der Waals surface area (Å²) in [6.07, 6.45) is 2.73. The quantitative estimate of drug-likeness (QED) is 0.931. The first kappa shape index (κ1) is 11.1. The molecule has 0 saturated carbocycles. The molecule has 0 aliphatic heterocycles. The minimum atomic E-state index is 0.471. The van der Waals surface area contributed by atoms with Crippen molar-refractivity contribution in [3.8, 4) is 6.07 Å². The summed E-state index contributed by atoms with van der Waals surface area (Å²) in [7, 11) is 1.90. The second-order valence-corrected chi connectivity index (χ2v) is 4.27. The maximum Gasteiger partial charge on any atom is 0.167 e. The fraction of sp³-hybridized carbons (Fsp3) is 0.273. The fourth-order valence-corrected chi connectivity index (χ4v) is 2.18. The number of aromatic nitrogens is 2. The van der Waals surface area contributed by atoms with Crippen LogP contribution in [0.15, 0.2) is 22.8 Å². The number of nitrogens with zero attached hydrogens (tertiary/aromatic N) is 3. The fourth-order valence-electron chi connectivity index (χ4n) is 1.65. The largest absolute Gasteiger partial charge is 0.319 e. The molecule has 0 radical (unpaired) electrons. The molecule has 0 aromatic carbocycles. The van der Waals surface area contributed by atoms with Crippen LogP contribution in [-0.4, -0.2) is 23.0 Å². The highest BCUT2D eigenvalue weighted by atomic mass is 79.9. The van der Waals surface area contributed by atoms with Gasteiger partial charge in [0.05, 0.1) is 5.52 Å². The number of pyridine rings is 1. The Labute approximate surface area is 102 Å². The van der Waals surface area contributed by atoms with Gasteiger partial charge in [-0.2, -0.15) is 5.26 Å². The van der Waals surface area contributed by atoms with Gasteiger partial charge >= 0.3 is 0 Å². The van der Waals surface area contributed by atoms with Gasteiger partial charge in [0.15, 0.2) is 5.69 Å². The zero-order chi connectivity index (χ0) is 11.5. The number of rotatable bonds is 3. The first-order valence-electron chi connectivity index (χ1n) is 4.98. The maximum absolute atomic E-state index is 9.04. The second kappa shape index (κ2) is 4.64. The molecule has 0 aliphatic carbocycles. The number of nitriles is 1. The molecule has 2 aromatic heterocycles. The summed E-state index contributed by atoms with van der Waals surface area (Å²) in [5.41, 5.74) is 1.31. The van der Waals surface area contributed by atoms with Gasteiger partial charge in [0.25, 0.3) is 0 Å². The number of fused-ring (bicyclic) bond motifs is 1. The molecule has 4 nitrogen and oxygen atoms in total. The van der Waals surface area contributed by atoms with Crippen LogP contribution in [0.1, 0.15) is 11.5 Å². The number of hydrogen-bond donors (Lipinski definition) is 1. The van der Waals surface area contributed by atoms with Crippen LogP contribution in [0.4, 0.5) is 0 Å². The van der Waals surface area contributed by atoms with Crippen molar-refractivity contribution in [3.05, 3.63) is 34.3 Å². The Kier molecular flexibility index (Phi) is 3.22. The van der Waals surface area contributed by atoms with E-state index in [2.05, 4.69) is 32.3 Å². The highest BCUT2D eigenvalue weighted by molar-refractivity contribution is 9.10. The average Bonchev–Trinajstić information content (AvgIpc) is 2.66. The summed E-state index contributed by atoms with van der Waals surface area (Å²) < 4.78 is 2.86. The number of likely N-dealkylation sites (N-methyl/N-ethyl adjacent to an activating group) is 1. The van der Waals surface area contributed by atoms with Gasteiger partial charge < -0.3 is 9.72 Å². The lowest BCUT2D eigenvalue weighted by atomic mass is 10.3. The predicted octanol–water partition coefficient (Wildman–Crippen LogP) is 1.73. The van der Waals surface area contributed by atoms with Gasteiger partial charge in [-0.25, -0.2) is 4.98 Å². The Morgan fingerprint density at radius 3 is 3.12 bits per heavy atom. The topological polar surface area (TPSA) is 53.1 Å². The molecule has 2 rings (SSSR count). The normalized spacial score (nSPS) is 10.6. The van der Waals surface area contributed by atoms with Crippen molar-refractivity contribution in [2.45, 2.75) is 6.42 Å². The van der Waals surface area contributed by atoms with Crippen LogP contribution in [0.25, 0.3) is 5.52 Å². The summed E-state index contributed by atoms with van der Waals surface area (Å²) in [6.45, 7) is 0.844. The molecule has 82 valence electrons. The summed E-state index contributed by atoms with van der Waals surface area (Å²) in [5.74, 6) is 0.905. The molecule has 0 bridgehead atoms. The van der Waals surface area contributed by atoms with E-state index in [-0.39, 0.29) is 0 Å². The molecule has 0 saturated heterocycles. The third-order valence-corrected chi connectivity index (χ3v) is 3.03. The third-order valence-electron chi connectivity index (χ3n) is 2.39. The monoisotopic (exact) mass is 278 g/mol. The maximum atomic E-state index is 9.04. The van der Waals surface area contributed by atoms with E-state index in [0.29, 0.717) is 5.69 Å². The van der Waals surface area contributed by atoms with E-state index in [9.17, 15) is 0 Å². The summed E-state index contributed by atoms with van der Waals surface area (Å²) in [5, 5.41) is 12.1. The summed E-state index contributed by atoms with van der Waals surface area (Å²) in [6, 6.07) is 5.97.